The average molecular weight is 274 g/mol. The first-order chi connectivity index (χ1) is 9.74. The van der Waals surface area contributed by atoms with Crippen LogP contribution in [0.1, 0.15) is 36.0 Å². The van der Waals surface area contributed by atoms with Crippen molar-refractivity contribution < 1.29 is 4.74 Å². The molecule has 110 valence electrons. The molecule has 0 aromatic heterocycles. The van der Waals surface area contributed by atoms with Gasteiger partial charge in [0.25, 0.3) is 0 Å². The summed E-state index contributed by atoms with van der Waals surface area (Å²) in [7, 11) is 1.83. The molecule has 0 saturated carbocycles. The number of hydrogen-bond donors (Lipinski definition) is 1. The van der Waals surface area contributed by atoms with Crippen molar-refractivity contribution >= 4 is 0 Å². The van der Waals surface area contributed by atoms with Crippen LogP contribution in [0.25, 0.3) is 0 Å². The molecule has 3 heteroatoms. The second-order valence-electron chi connectivity index (χ2n) is 6.32. The first-order valence-electron chi connectivity index (χ1n) is 7.86. The van der Waals surface area contributed by atoms with Gasteiger partial charge in [-0.1, -0.05) is 18.2 Å². The number of methoxy groups -OCH3 is 1. The summed E-state index contributed by atoms with van der Waals surface area (Å²) in [6.07, 6.45) is 6.13. The smallest absolute Gasteiger partial charge is 0.0595 e. The number of likely N-dealkylation sites (tertiary alicyclic amines) is 1. The van der Waals surface area contributed by atoms with Crippen LogP contribution < -0.4 is 5.73 Å². The molecule has 1 aromatic rings. The van der Waals surface area contributed by atoms with Gasteiger partial charge >= 0.3 is 0 Å². The molecular weight excluding hydrogens is 248 g/mol. The van der Waals surface area contributed by atoms with Gasteiger partial charge in [0.05, 0.1) is 6.10 Å². The van der Waals surface area contributed by atoms with Crippen LogP contribution in [0.4, 0.5) is 0 Å². The molecule has 0 spiro atoms. The van der Waals surface area contributed by atoms with Gasteiger partial charge in [0.15, 0.2) is 0 Å². The van der Waals surface area contributed by atoms with Crippen LogP contribution in [0.5, 0.6) is 0 Å². The van der Waals surface area contributed by atoms with Crippen molar-refractivity contribution in [3.8, 4) is 0 Å². The van der Waals surface area contributed by atoms with Crippen molar-refractivity contribution in [2.45, 2.75) is 50.8 Å². The Bertz CT molecular complexity index is 452. The average Bonchev–Trinajstić information content (AvgIpc) is 2.48. The van der Waals surface area contributed by atoms with Gasteiger partial charge in [0.2, 0.25) is 0 Å². The molecule has 0 radical (unpaired) electrons. The first kappa shape index (κ1) is 14.1. The van der Waals surface area contributed by atoms with Crippen molar-refractivity contribution in [1.29, 1.82) is 0 Å². The number of nitrogens with two attached hydrogens (primary N) is 1. The van der Waals surface area contributed by atoms with Crippen LogP contribution in [0.2, 0.25) is 0 Å². The summed E-state index contributed by atoms with van der Waals surface area (Å²) in [6, 6.07) is 7.36. The van der Waals surface area contributed by atoms with E-state index in [-0.39, 0.29) is 0 Å². The van der Waals surface area contributed by atoms with Crippen molar-refractivity contribution in [2.24, 2.45) is 5.73 Å². The third-order valence-electron chi connectivity index (χ3n) is 4.81. The summed E-state index contributed by atoms with van der Waals surface area (Å²) < 4.78 is 5.44. The highest BCUT2D eigenvalue weighted by Gasteiger charge is 2.20. The van der Waals surface area contributed by atoms with Crippen molar-refractivity contribution in [3.05, 3.63) is 34.9 Å². The Kier molecular flexibility index (Phi) is 4.39. The number of piperidine rings is 1. The molecule has 1 aliphatic heterocycles. The highest BCUT2D eigenvalue weighted by Crippen LogP contribution is 2.23. The zero-order valence-electron chi connectivity index (χ0n) is 12.5. The normalized spacial score (nSPS) is 24.6. The van der Waals surface area contributed by atoms with Gasteiger partial charge in [-0.05, 0) is 48.8 Å². The molecule has 3 nitrogen and oxygen atoms in total. The van der Waals surface area contributed by atoms with Crippen LogP contribution in [-0.4, -0.2) is 37.2 Å². The molecular formula is C17H26N2O. The summed E-state index contributed by atoms with van der Waals surface area (Å²) in [5, 5.41) is 0. The molecule has 1 saturated heterocycles. The fraction of sp³-hybridized carbons (Fsp3) is 0.647. The Morgan fingerprint density at radius 1 is 1.20 bits per heavy atom. The molecule has 1 fully saturated rings. The number of ether oxygens (including phenoxy) is 1. The quantitative estimate of drug-likeness (QED) is 0.917. The number of fused-ring (bicyclic) bond motifs is 1. The Morgan fingerprint density at radius 2 is 2.00 bits per heavy atom. The van der Waals surface area contributed by atoms with E-state index in [0.717, 1.165) is 51.7 Å². The van der Waals surface area contributed by atoms with Crippen molar-refractivity contribution in [1.82, 2.24) is 4.90 Å². The topological polar surface area (TPSA) is 38.5 Å². The van der Waals surface area contributed by atoms with Gasteiger partial charge in [-0.2, -0.15) is 0 Å². The van der Waals surface area contributed by atoms with E-state index < -0.39 is 0 Å². The lowest BCUT2D eigenvalue weighted by Gasteiger charge is -2.31. The molecule has 1 aromatic carbocycles. The van der Waals surface area contributed by atoms with Crippen molar-refractivity contribution in [2.75, 3.05) is 20.2 Å². The summed E-state index contributed by atoms with van der Waals surface area (Å²) in [6.45, 7) is 3.39. The first-order valence-corrected chi connectivity index (χ1v) is 7.86. The summed E-state index contributed by atoms with van der Waals surface area (Å²) >= 11 is 0. The van der Waals surface area contributed by atoms with Crippen molar-refractivity contribution in [3.63, 3.8) is 0 Å². The van der Waals surface area contributed by atoms with E-state index >= 15 is 0 Å². The highest BCUT2D eigenvalue weighted by molar-refractivity contribution is 5.34. The van der Waals surface area contributed by atoms with Gasteiger partial charge in [-0.25, -0.2) is 0 Å². The van der Waals surface area contributed by atoms with Gasteiger partial charge < -0.3 is 10.5 Å². The van der Waals surface area contributed by atoms with Crippen LogP contribution >= 0.6 is 0 Å². The molecule has 1 aliphatic carbocycles. The second kappa shape index (κ2) is 6.25. The summed E-state index contributed by atoms with van der Waals surface area (Å²) in [5.41, 5.74) is 10.5. The van der Waals surface area contributed by atoms with Gasteiger partial charge in [0, 0.05) is 32.8 Å². The summed E-state index contributed by atoms with van der Waals surface area (Å²) in [4.78, 5) is 2.55. The molecule has 1 atom stereocenters. The Morgan fingerprint density at radius 3 is 2.75 bits per heavy atom. The van der Waals surface area contributed by atoms with E-state index in [1.54, 1.807) is 0 Å². The standard InChI is InChI=1S/C17H26N2O/c1-20-17-6-8-19(9-7-17)12-13-2-3-15-11-16(18)5-4-14(15)10-13/h2-3,10,16-17H,4-9,11-12,18H2,1H3. The molecule has 1 unspecified atom stereocenters. The van der Waals surface area contributed by atoms with E-state index in [0.29, 0.717) is 12.1 Å². The van der Waals surface area contributed by atoms with Gasteiger partial charge in [0.1, 0.15) is 0 Å². The summed E-state index contributed by atoms with van der Waals surface area (Å²) in [5.74, 6) is 0. The monoisotopic (exact) mass is 274 g/mol. The molecule has 1 heterocycles. The van der Waals surface area contributed by atoms with Crippen LogP contribution in [0.15, 0.2) is 18.2 Å². The fourth-order valence-electron chi connectivity index (χ4n) is 3.50. The third kappa shape index (κ3) is 3.22. The second-order valence-corrected chi connectivity index (χ2v) is 6.32. The lowest BCUT2D eigenvalue weighted by atomic mass is 9.87. The van der Waals surface area contributed by atoms with E-state index in [1.807, 2.05) is 7.11 Å². The fourth-order valence-corrected chi connectivity index (χ4v) is 3.50. The number of rotatable bonds is 3. The number of hydrogen-bond acceptors (Lipinski definition) is 3. The number of nitrogens with zero attached hydrogens (tertiary/aromatic N) is 1. The third-order valence-corrected chi connectivity index (χ3v) is 4.81. The van der Waals surface area contributed by atoms with Crippen LogP contribution in [0, 0.1) is 0 Å². The van der Waals surface area contributed by atoms with Crippen LogP contribution in [-0.2, 0) is 24.1 Å². The van der Waals surface area contributed by atoms with E-state index in [4.69, 9.17) is 10.5 Å². The highest BCUT2D eigenvalue weighted by atomic mass is 16.5. The Labute approximate surface area is 122 Å². The maximum atomic E-state index is 6.04. The minimum absolute atomic E-state index is 0.362. The molecule has 0 amide bonds. The SMILES string of the molecule is COC1CCN(Cc2ccc3c(c2)CCC(N)C3)CC1. The maximum Gasteiger partial charge on any atom is 0.0595 e. The van der Waals surface area contributed by atoms with E-state index in [1.165, 1.54) is 16.7 Å². The molecule has 2 aliphatic rings. The zero-order valence-corrected chi connectivity index (χ0v) is 12.5. The number of aryl methyl sites for hydroxylation is 1. The minimum atomic E-state index is 0.362. The lowest BCUT2D eigenvalue weighted by Crippen LogP contribution is -2.36. The Hall–Kier alpha value is -0.900. The predicted molar refractivity (Wildman–Crippen MR) is 81.8 cm³/mol. The van der Waals surface area contributed by atoms with E-state index in [2.05, 4.69) is 23.1 Å². The van der Waals surface area contributed by atoms with Gasteiger partial charge in [-0.15, -0.1) is 0 Å². The molecule has 0 bridgehead atoms. The van der Waals surface area contributed by atoms with Gasteiger partial charge in [-0.3, -0.25) is 4.90 Å². The maximum absolute atomic E-state index is 6.04. The molecule has 3 rings (SSSR count). The molecule has 20 heavy (non-hydrogen) atoms. The number of benzene rings is 1. The lowest BCUT2D eigenvalue weighted by molar-refractivity contribution is 0.0388. The molecule has 2 N–H and O–H groups in total. The largest absolute Gasteiger partial charge is 0.381 e. The minimum Gasteiger partial charge on any atom is -0.381 e. The Balaban J connectivity index is 1.61. The predicted octanol–water partition coefficient (Wildman–Crippen LogP) is 2.11. The van der Waals surface area contributed by atoms with E-state index in [9.17, 15) is 0 Å². The van der Waals surface area contributed by atoms with Crippen LogP contribution in [0.3, 0.4) is 0 Å². The zero-order chi connectivity index (χ0) is 13.9.